The first kappa shape index (κ1) is 9.30. The van der Waals surface area contributed by atoms with Crippen molar-refractivity contribution in [1.82, 2.24) is 9.55 Å². The predicted octanol–water partition coefficient (Wildman–Crippen LogP) is 1.65. The SMILES string of the molecule is Cn1ccnc1C(=O)C1(C(F)F)CC1. The van der Waals surface area contributed by atoms with E-state index in [1.54, 1.807) is 13.2 Å². The average molecular weight is 200 g/mol. The van der Waals surface area contributed by atoms with Crippen molar-refractivity contribution in [2.45, 2.75) is 19.3 Å². The van der Waals surface area contributed by atoms with Crippen LogP contribution in [0.2, 0.25) is 0 Å². The predicted molar refractivity (Wildman–Crippen MR) is 45.2 cm³/mol. The van der Waals surface area contributed by atoms with Crippen LogP contribution in [0.4, 0.5) is 8.78 Å². The lowest BCUT2D eigenvalue weighted by molar-refractivity contribution is 0.0461. The van der Waals surface area contributed by atoms with Crippen molar-refractivity contribution in [1.29, 1.82) is 0 Å². The maximum atomic E-state index is 12.6. The van der Waals surface area contributed by atoms with E-state index >= 15 is 0 Å². The number of aryl methyl sites for hydroxylation is 1. The van der Waals surface area contributed by atoms with Crippen LogP contribution in [0, 0.1) is 5.41 Å². The number of rotatable bonds is 3. The highest BCUT2D eigenvalue weighted by molar-refractivity contribution is 5.99. The van der Waals surface area contributed by atoms with Crippen molar-refractivity contribution in [2.24, 2.45) is 12.5 Å². The number of carbonyl (C=O) groups excluding carboxylic acids is 1. The number of nitrogens with zero attached hydrogens (tertiary/aromatic N) is 2. The molecule has 1 aliphatic rings. The van der Waals surface area contributed by atoms with Gasteiger partial charge in [0.25, 0.3) is 6.43 Å². The number of ketones is 1. The first-order valence-corrected chi connectivity index (χ1v) is 4.38. The first-order chi connectivity index (χ1) is 6.58. The number of hydrogen-bond donors (Lipinski definition) is 0. The molecule has 3 nitrogen and oxygen atoms in total. The topological polar surface area (TPSA) is 34.9 Å². The molecule has 1 heterocycles. The zero-order valence-electron chi connectivity index (χ0n) is 7.70. The number of hydrogen-bond acceptors (Lipinski definition) is 2. The van der Waals surface area contributed by atoms with Gasteiger partial charge in [0.05, 0.1) is 5.41 Å². The fourth-order valence-electron chi connectivity index (χ4n) is 1.49. The van der Waals surface area contributed by atoms with Crippen LogP contribution in [0.25, 0.3) is 0 Å². The molecule has 1 aromatic rings. The molecule has 76 valence electrons. The number of Topliss-reactive ketones (excluding diaryl/α,β-unsaturated/α-hetero) is 1. The molecule has 0 radical (unpaired) electrons. The van der Waals surface area contributed by atoms with E-state index in [1.165, 1.54) is 10.8 Å². The molecule has 1 saturated carbocycles. The molecule has 0 aromatic carbocycles. The van der Waals surface area contributed by atoms with E-state index < -0.39 is 17.6 Å². The molecule has 0 bridgehead atoms. The quantitative estimate of drug-likeness (QED) is 0.695. The molecule has 1 aromatic heterocycles. The maximum Gasteiger partial charge on any atom is 0.251 e. The summed E-state index contributed by atoms with van der Waals surface area (Å²) in [6.07, 6.45) is 0.989. The Morgan fingerprint density at radius 3 is 2.64 bits per heavy atom. The van der Waals surface area contributed by atoms with E-state index in [4.69, 9.17) is 0 Å². The second-order valence-corrected chi connectivity index (χ2v) is 3.65. The summed E-state index contributed by atoms with van der Waals surface area (Å²) in [6.45, 7) is 0. The number of aromatic nitrogens is 2. The van der Waals surface area contributed by atoms with Crippen LogP contribution in [0.3, 0.4) is 0 Å². The largest absolute Gasteiger partial charge is 0.332 e. The van der Waals surface area contributed by atoms with Gasteiger partial charge in [-0.05, 0) is 12.8 Å². The second-order valence-electron chi connectivity index (χ2n) is 3.65. The van der Waals surface area contributed by atoms with Crippen LogP contribution in [0.1, 0.15) is 23.5 Å². The van der Waals surface area contributed by atoms with E-state index in [0.29, 0.717) is 0 Å². The molecule has 0 atom stereocenters. The molecule has 1 fully saturated rings. The smallest absolute Gasteiger partial charge is 0.251 e. The Morgan fingerprint density at radius 2 is 2.29 bits per heavy atom. The molecule has 2 rings (SSSR count). The molecule has 14 heavy (non-hydrogen) atoms. The molecule has 0 amide bonds. The zero-order chi connectivity index (χ0) is 10.3. The van der Waals surface area contributed by atoms with Crippen molar-refractivity contribution in [3.8, 4) is 0 Å². The van der Waals surface area contributed by atoms with Gasteiger partial charge in [-0.2, -0.15) is 0 Å². The summed E-state index contributed by atoms with van der Waals surface area (Å²) in [5, 5.41) is 0. The maximum absolute atomic E-state index is 12.6. The van der Waals surface area contributed by atoms with Crippen LogP contribution in [-0.4, -0.2) is 21.8 Å². The summed E-state index contributed by atoms with van der Waals surface area (Å²) in [7, 11) is 1.63. The van der Waals surface area contributed by atoms with E-state index in [9.17, 15) is 13.6 Å². The highest BCUT2D eigenvalue weighted by Crippen LogP contribution is 2.52. The van der Waals surface area contributed by atoms with Crippen LogP contribution < -0.4 is 0 Å². The Balaban J connectivity index is 2.30. The average Bonchev–Trinajstić information content (AvgIpc) is 2.84. The van der Waals surface area contributed by atoms with Gasteiger partial charge in [0.1, 0.15) is 0 Å². The lowest BCUT2D eigenvalue weighted by Gasteiger charge is -2.11. The highest BCUT2D eigenvalue weighted by atomic mass is 19.3. The van der Waals surface area contributed by atoms with E-state index in [2.05, 4.69) is 4.98 Å². The number of imidazole rings is 1. The minimum atomic E-state index is -2.58. The van der Waals surface area contributed by atoms with E-state index in [0.717, 1.165) is 0 Å². The Bertz CT molecular complexity index is 369. The molecular weight excluding hydrogens is 190 g/mol. The Labute approximate surface area is 79.7 Å². The molecule has 5 heteroatoms. The van der Waals surface area contributed by atoms with Gasteiger partial charge >= 0.3 is 0 Å². The highest BCUT2D eigenvalue weighted by Gasteiger charge is 2.58. The third-order valence-electron chi connectivity index (χ3n) is 2.68. The monoisotopic (exact) mass is 200 g/mol. The van der Waals surface area contributed by atoms with Gasteiger partial charge in [0.2, 0.25) is 5.78 Å². The van der Waals surface area contributed by atoms with Gasteiger partial charge in [-0.3, -0.25) is 4.79 Å². The third kappa shape index (κ3) is 1.15. The van der Waals surface area contributed by atoms with Gasteiger partial charge in [-0.25, -0.2) is 13.8 Å². The van der Waals surface area contributed by atoms with Gasteiger partial charge in [0, 0.05) is 19.4 Å². The van der Waals surface area contributed by atoms with Crippen LogP contribution in [0.15, 0.2) is 12.4 Å². The summed E-state index contributed by atoms with van der Waals surface area (Å²) in [4.78, 5) is 15.5. The molecule has 0 aliphatic heterocycles. The minimum Gasteiger partial charge on any atom is -0.332 e. The van der Waals surface area contributed by atoms with Crippen LogP contribution >= 0.6 is 0 Å². The summed E-state index contributed by atoms with van der Waals surface area (Å²) >= 11 is 0. The molecule has 0 N–H and O–H groups in total. The van der Waals surface area contributed by atoms with E-state index in [1.807, 2.05) is 0 Å². The Kier molecular flexibility index (Phi) is 1.90. The lowest BCUT2D eigenvalue weighted by atomic mass is 10.0. The molecule has 0 saturated heterocycles. The molecule has 0 spiro atoms. The first-order valence-electron chi connectivity index (χ1n) is 4.38. The van der Waals surface area contributed by atoms with Gasteiger partial charge in [-0.15, -0.1) is 0 Å². The Morgan fingerprint density at radius 1 is 1.64 bits per heavy atom. The van der Waals surface area contributed by atoms with Gasteiger partial charge in [0.15, 0.2) is 5.82 Å². The fraction of sp³-hybridized carbons (Fsp3) is 0.556. The summed E-state index contributed by atoms with van der Waals surface area (Å²) in [5.74, 6) is -0.400. The Hall–Kier alpha value is -1.26. The van der Waals surface area contributed by atoms with Crippen molar-refractivity contribution in [3.05, 3.63) is 18.2 Å². The molecule has 0 unspecified atom stereocenters. The normalized spacial score (nSPS) is 18.6. The summed E-state index contributed by atoms with van der Waals surface area (Å²) in [5.41, 5.74) is -1.43. The minimum absolute atomic E-state index is 0.128. The molecule has 1 aliphatic carbocycles. The zero-order valence-corrected chi connectivity index (χ0v) is 7.70. The standard InChI is InChI=1S/C9H10F2N2O/c1-13-5-4-12-7(13)6(14)9(2-3-9)8(10)11/h4-5,8H,2-3H2,1H3. The van der Waals surface area contributed by atoms with Crippen molar-refractivity contribution < 1.29 is 13.6 Å². The van der Waals surface area contributed by atoms with Crippen molar-refractivity contribution in [3.63, 3.8) is 0 Å². The van der Waals surface area contributed by atoms with Crippen molar-refractivity contribution in [2.75, 3.05) is 0 Å². The molecular formula is C9H10F2N2O. The van der Waals surface area contributed by atoms with Crippen LogP contribution in [0.5, 0.6) is 0 Å². The number of carbonyl (C=O) groups is 1. The lowest BCUT2D eigenvalue weighted by Crippen LogP contribution is -2.26. The van der Waals surface area contributed by atoms with Gasteiger partial charge in [-0.1, -0.05) is 0 Å². The van der Waals surface area contributed by atoms with Crippen LogP contribution in [-0.2, 0) is 7.05 Å². The number of alkyl halides is 2. The van der Waals surface area contributed by atoms with Gasteiger partial charge < -0.3 is 4.57 Å². The summed E-state index contributed by atoms with van der Waals surface area (Å²) < 4.78 is 26.7. The fourth-order valence-corrected chi connectivity index (χ4v) is 1.49. The van der Waals surface area contributed by atoms with E-state index in [-0.39, 0.29) is 18.7 Å². The van der Waals surface area contributed by atoms with Crippen molar-refractivity contribution >= 4 is 5.78 Å². The number of halogens is 2. The third-order valence-corrected chi connectivity index (χ3v) is 2.68. The second kappa shape index (κ2) is 2.87. The summed E-state index contributed by atoms with van der Waals surface area (Å²) in [6, 6.07) is 0.